The zero-order valence-electron chi connectivity index (χ0n) is 22.8. The summed E-state index contributed by atoms with van der Waals surface area (Å²) in [6.07, 6.45) is 0. The molecule has 4 aromatic carbocycles. The second-order valence-corrected chi connectivity index (χ2v) is 11.6. The predicted octanol–water partition coefficient (Wildman–Crippen LogP) is 5.94. The zero-order chi connectivity index (χ0) is 29.6. The number of aryl methyl sites for hydroxylation is 1. The van der Waals surface area contributed by atoms with Crippen molar-refractivity contribution >= 4 is 50.5 Å². The number of amides is 2. The molecule has 4 aromatic rings. The topological polar surface area (TPSA) is 108 Å². The first kappa shape index (κ1) is 29.5. The largest absolute Gasteiger partial charge is 0.322 e. The first-order valence-corrected chi connectivity index (χ1v) is 14.5. The number of hydrogen-bond donors (Lipinski definition) is 2. The lowest BCUT2D eigenvalue weighted by Gasteiger charge is -2.25. The number of rotatable bonds is 9. The maximum atomic E-state index is 13.6. The first-order valence-electron chi connectivity index (χ1n) is 12.7. The van der Waals surface area contributed by atoms with Gasteiger partial charge in [0, 0.05) is 16.3 Å². The number of benzene rings is 4. The molecule has 0 atom stereocenters. The van der Waals surface area contributed by atoms with Gasteiger partial charge in [0.05, 0.1) is 16.3 Å². The molecule has 0 fully saturated rings. The lowest BCUT2D eigenvalue weighted by molar-refractivity contribution is -0.119. The fraction of sp³-hybridized carbons (Fsp3) is 0.129. The van der Waals surface area contributed by atoms with Gasteiger partial charge in [-0.15, -0.1) is 0 Å². The molecule has 0 saturated carbocycles. The van der Waals surface area contributed by atoms with Crippen LogP contribution < -0.4 is 15.0 Å². The third-order valence-corrected chi connectivity index (χ3v) is 8.53. The number of carbonyl (C=O) groups excluding carboxylic acids is 2. The molecule has 0 unspecified atom stereocenters. The van der Waals surface area contributed by atoms with Crippen LogP contribution in [0.2, 0.25) is 5.02 Å². The molecule has 41 heavy (non-hydrogen) atoms. The Bertz CT molecular complexity index is 1690. The number of anilines is 2. The Labute approximate surface area is 244 Å². The highest BCUT2D eigenvalue weighted by Gasteiger charge is 2.28. The van der Waals surface area contributed by atoms with Crippen LogP contribution in [0.15, 0.2) is 107 Å². The number of hydrazone groups is 1. The minimum atomic E-state index is -4.10. The molecule has 2 N–H and O–H groups in total. The smallest absolute Gasteiger partial charge is 0.264 e. The Morgan fingerprint density at radius 3 is 2.15 bits per heavy atom. The van der Waals surface area contributed by atoms with Crippen molar-refractivity contribution in [2.24, 2.45) is 5.10 Å². The van der Waals surface area contributed by atoms with Crippen LogP contribution in [0.4, 0.5) is 11.4 Å². The highest BCUT2D eigenvalue weighted by molar-refractivity contribution is 7.92. The average molecular weight is 589 g/mol. The first-order chi connectivity index (χ1) is 19.6. The average Bonchev–Trinajstić information content (AvgIpc) is 2.97. The Balaban J connectivity index is 1.49. The van der Waals surface area contributed by atoms with E-state index < -0.39 is 22.5 Å². The van der Waals surface area contributed by atoms with E-state index in [9.17, 15) is 18.0 Å². The van der Waals surface area contributed by atoms with Crippen LogP contribution in [0.25, 0.3) is 0 Å². The molecule has 0 aromatic heterocycles. The monoisotopic (exact) mass is 588 g/mol. The summed E-state index contributed by atoms with van der Waals surface area (Å²) >= 11 is 6.28. The van der Waals surface area contributed by atoms with Crippen LogP contribution in [0.3, 0.4) is 0 Å². The van der Waals surface area contributed by atoms with Gasteiger partial charge in [0.2, 0.25) is 0 Å². The maximum Gasteiger partial charge on any atom is 0.264 e. The summed E-state index contributed by atoms with van der Waals surface area (Å²) in [5.74, 6) is -0.859. The van der Waals surface area contributed by atoms with Crippen molar-refractivity contribution < 1.29 is 18.0 Å². The molecule has 0 bridgehead atoms. The number of nitrogens with one attached hydrogen (secondary N) is 2. The van der Waals surface area contributed by atoms with Crippen LogP contribution in [0.1, 0.15) is 34.0 Å². The molecular weight excluding hydrogens is 560 g/mol. The summed E-state index contributed by atoms with van der Waals surface area (Å²) in [5.41, 5.74) is 6.53. The van der Waals surface area contributed by atoms with E-state index in [1.165, 1.54) is 12.1 Å². The van der Waals surface area contributed by atoms with Crippen LogP contribution in [-0.2, 0) is 14.8 Å². The van der Waals surface area contributed by atoms with Gasteiger partial charge in [-0.3, -0.25) is 13.9 Å². The summed E-state index contributed by atoms with van der Waals surface area (Å²) in [7, 11) is -4.10. The summed E-state index contributed by atoms with van der Waals surface area (Å²) in [6.45, 7) is 4.75. The van der Waals surface area contributed by atoms with E-state index in [-0.39, 0.29) is 10.8 Å². The van der Waals surface area contributed by atoms with E-state index in [2.05, 4.69) is 15.8 Å². The summed E-state index contributed by atoms with van der Waals surface area (Å²) in [5, 5.41) is 7.38. The number of hydrogen-bond acceptors (Lipinski definition) is 5. The van der Waals surface area contributed by atoms with Gasteiger partial charge in [-0.2, -0.15) is 5.10 Å². The molecule has 0 aliphatic heterocycles. The SMILES string of the molecule is C/C(=N/NC(=O)CN(c1cccc(Cl)c1C)S(=O)(=O)c1ccc(C)cc1)c1ccc(NC(=O)c2ccccc2)cc1. The van der Waals surface area contributed by atoms with Crippen molar-refractivity contribution in [1.82, 2.24) is 5.43 Å². The highest BCUT2D eigenvalue weighted by Crippen LogP contribution is 2.31. The molecule has 210 valence electrons. The molecule has 10 heteroatoms. The molecule has 0 saturated heterocycles. The van der Waals surface area contributed by atoms with Crippen molar-refractivity contribution in [2.75, 3.05) is 16.2 Å². The van der Waals surface area contributed by atoms with Crippen molar-refractivity contribution in [3.8, 4) is 0 Å². The van der Waals surface area contributed by atoms with Gasteiger partial charge in [0.25, 0.3) is 21.8 Å². The van der Waals surface area contributed by atoms with Crippen molar-refractivity contribution in [3.63, 3.8) is 0 Å². The molecule has 0 spiro atoms. The molecule has 0 radical (unpaired) electrons. The van der Waals surface area contributed by atoms with Gasteiger partial charge in [0.1, 0.15) is 6.54 Å². The summed E-state index contributed by atoms with van der Waals surface area (Å²) in [4.78, 5) is 25.4. The summed E-state index contributed by atoms with van der Waals surface area (Å²) < 4.78 is 28.3. The van der Waals surface area contributed by atoms with Gasteiger partial charge in [-0.05, 0) is 80.4 Å². The Hall–Kier alpha value is -4.47. The van der Waals surface area contributed by atoms with Crippen LogP contribution in [-0.4, -0.2) is 32.5 Å². The van der Waals surface area contributed by atoms with Crippen LogP contribution in [0.5, 0.6) is 0 Å². The highest BCUT2D eigenvalue weighted by atomic mass is 35.5. The lowest BCUT2D eigenvalue weighted by atomic mass is 10.1. The molecule has 2 amide bonds. The van der Waals surface area contributed by atoms with E-state index in [0.29, 0.717) is 38.8 Å². The van der Waals surface area contributed by atoms with E-state index >= 15 is 0 Å². The van der Waals surface area contributed by atoms with E-state index in [0.717, 1.165) is 9.87 Å². The molecule has 4 rings (SSSR count). The normalized spacial score (nSPS) is 11.6. The Kier molecular flexibility index (Phi) is 9.21. The van der Waals surface area contributed by atoms with Gasteiger partial charge in [-0.25, -0.2) is 13.8 Å². The van der Waals surface area contributed by atoms with Crippen molar-refractivity contribution in [2.45, 2.75) is 25.7 Å². The van der Waals surface area contributed by atoms with Gasteiger partial charge >= 0.3 is 0 Å². The van der Waals surface area contributed by atoms with Crippen molar-refractivity contribution in [3.05, 3.63) is 124 Å². The standard InChI is InChI=1S/C31H29ClN4O4S/c1-21-12-18-27(19-13-21)41(39,40)36(29-11-7-10-28(32)22(29)2)20-30(37)35-34-23(3)24-14-16-26(17-15-24)33-31(38)25-8-5-4-6-9-25/h4-19H,20H2,1-3H3,(H,33,38)(H,35,37)/b34-23-. The Morgan fingerprint density at radius 2 is 1.49 bits per heavy atom. The molecule has 0 heterocycles. The molecule has 0 aliphatic carbocycles. The number of carbonyl (C=O) groups is 2. The van der Waals surface area contributed by atoms with Gasteiger partial charge < -0.3 is 5.32 Å². The third-order valence-electron chi connectivity index (χ3n) is 6.35. The molecule has 8 nitrogen and oxygen atoms in total. The van der Waals surface area contributed by atoms with Gasteiger partial charge in [0.15, 0.2) is 0 Å². The minimum Gasteiger partial charge on any atom is -0.322 e. The van der Waals surface area contributed by atoms with Crippen molar-refractivity contribution in [1.29, 1.82) is 0 Å². The lowest BCUT2D eigenvalue weighted by Crippen LogP contribution is -2.40. The molecular formula is C31H29ClN4O4S. The summed E-state index contributed by atoms with van der Waals surface area (Å²) in [6, 6.07) is 27.1. The number of nitrogens with zero attached hydrogens (tertiary/aromatic N) is 2. The van der Waals surface area contributed by atoms with Gasteiger partial charge in [-0.1, -0.05) is 65.7 Å². The second kappa shape index (κ2) is 12.8. The van der Waals surface area contributed by atoms with E-state index in [1.807, 2.05) is 13.0 Å². The predicted molar refractivity (Wildman–Crippen MR) is 163 cm³/mol. The fourth-order valence-corrected chi connectivity index (χ4v) is 5.62. The van der Waals surface area contributed by atoms with E-state index in [1.54, 1.807) is 92.7 Å². The number of halogens is 1. The zero-order valence-corrected chi connectivity index (χ0v) is 24.3. The van der Waals surface area contributed by atoms with Crippen LogP contribution in [0, 0.1) is 13.8 Å². The fourth-order valence-electron chi connectivity index (χ4n) is 3.97. The van der Waals surface area contributed by atoms with E-state index in [4.69, 9.17) is 11.6 Å². The molecule has 0 aliphatic rings. The van der Waals surface area contributed by atoms with Crippen LogP contribution >= 0.6 is 11.6 Å². The maximum absolute atomic E-state index is 13.6. The minimum absolute atomic E-state index is 0.0504. The Morgan fingerprint density at radius 1 is 0.829 bits per heavy atom. The quantitative estimate of drug-likeness (QED) is 0.186. The third kappa shape index (κ3) is 7.19. The second-order valence-electron chi connectivity index (χ2n) is 9.34. The number of sulfonamides is 1.